The van der Waals surface area contributed by atoms with Crippen molar-refractivity contribution in [2.24, 2.45) is 0 Å². The second kappa shape index (κ2) is 3.86. The molecule has 0 radical (unpaired) electrons. The third-order valence-electron chi connectivity index (χ3n) is 1.83. The third-order valence-corrected chi connectivity index (χ3v) is 1.83. The molecule has 1 heterocycles. The Morgan fingerprint density at radius 2 is 2.00 bits per heavy atom. The average Bonchev–Trinajstić information content (AvgIpc) is 2.16. The molecule has 1 heteroatoms. The Morgan fingerprint density at radius 3 is 2.50 bits per heavy atom. The smallest absolute Gasteiger partial charge is 0.0407 e. The SMILES string of the molecule is C=Cc1cnc(CC)cc1C=C. The fourth-order valence-corrected chi connectivity index (χ4v) is 1.07. The maximum Gasteiger partial charge on any atom is 0.0407 e. The minimum Gasteiger partial charge on any atom is -0.261 e. The van der Waals surface area contributed by atoms with Crippen LogP contribution >= 0.6 is 0 Å². The highest BCUT2D eigenvalue weighted by molar-refractivity contribution is 5.62. The van der Waals surface area contributed by atoms with E-state index < -0.39 is 0 Å². The zero-order chi connectivity index (χ0) is 8.97. The lowest BCUT2D eigenvalue weighted by Crippen LogP contribution is -1.90. The molecule has 1 rings (SSSR count). The number of hydrogen-bond acceptors (Lipinski definition) is 1. The number of rotatable bonds is 3. The van der Waals surface area contributed by atoms with Gasteiger partial charge in [-0.05, 0) is 23.6 Å². The quantitative estimate of drug-likeness (QED) is 0.660. The first-order chi connectivity index (χ1) is 5.81. The van der Waals surface area contributed by atoms with Crippen molar-refractivity contribution >= 4 is 12.2 Å². The summed E-state index contributed by atoms with van der Waals surface area (Å²) in [6.07, 6.45) is 6.42. The average molecular weight is 159 g/mol. The van der Waals surface area contributed by atoms with Gasteiger partial charge in [0.25, 0.3) is 0 Å². The van der Waals surface area contributed by atoms with Crippen molar-refractivity contribution in [3.63, 3.8) is 0 Å². The van der Waals surface area contributed by atoms with E-state index in [-0.39, 0.29) is 0 Å². The summed E-state index contributed by atoms with van der Waals surface area (Å²) in [5, 5.41) is 0. The zero-order valence-electron chi connectivity index (χ0n) is 7.38. The van der Waals surface area contributed by atoms with Crippen molar-refractivity contribution < 1.29 is 0 Å². The van der Waals surface area contributed by atoms with Gasteiger partial charge in [-0.3, -0.25) is 4.98 Å². The minimum absolute atomic E-state index is 0.957. The van der Waals surface area contributed by atoms with E-state index in [4.69, 9.17) is 0 Å². The number of pyridine rings is 1. The van der Waals surface area contributed by atoms with E-state index in [2.05, 4.69) is 25.1 Å². The van der Waals surface area contributed by atoms with Gasteiger partial charge >= 0.3 is 0 Å². The highest BCUT2D eigenvalue weighted by Crippen LogP contribution is 2.12. The van der Waals surface area contributed by atoms with Crippen molar-refractivity contribution in [1.29, 1.82) is 0 Å². The van der Waals surface area contributed by atoms with Gasteiger partial charge in [-0.1, -0.05) is 32.2 Å². The molecule has 0 aliphatic heterocycles. The second-order valence-corrected chi connectivity index (χ2v) is 2.57. The predicted octanol–water partition coefficient (Wildman–Crippen LogP) is 2.93. The molecule has 1 aromatic heterocycles. The van der Waals surface area contributed by atoms with Crippen molar-refractivity contribution in [2.75, 3.05) is 0 Å². The highest BCUT2D eigenvalue weighted by Gasteiger charge is 1.97. The molecule has 0 aliphatic rings. The van der Waals surface area contributed by atoms with Crippen LogP contribution < -0.4 is 0 Å². The molecule has 0 atom stereocenters. The molecule has 0 saturated carbocycles. The Labute approximate surface area is 73.5 Å². The van der Waals surface area contributed by atoms with E-state index in [1.807, 2.05) is 18.3 Å². The largest absolute Gasteiger partial charge is 0.261 e. The highest BCUT2D eigenvalue weighted by atomic mass is 14.7. The molecule has 12 heavy (non-hydrogen) atoms. The molecule has 0 saturated heterocycles. The second-order valence-electron chi connectivity index (χ2n) is 2.57. The number of nitrogens with zero attached hydrogens (tertiary/aromatic N) is 1. The van der Waals surface area contributed by atoms with Crippen LogP contribution in [-0.4, -0.2) is 4.98 Å². The third kappa shape index (κ3) is 1.62. The van der Waals surface area contributed by atoms with Crippen molar-refractivity contribution in [1.82, 2.24) is 4.98 Å². The first-order valence-electron chi connectivity index (χ1n) is 4.05. The van der Waals surface area contributed by atoms with Crippen LogP contribution in [0, 0.1) is 0 Å². The van der Waals surface area contributed by atoms with E-state index in [1.165, 1.54) is 0 Å². The summed E-state index contributed by atoms with van der Waals surface area (Å²) < 4.78 is 0. The van der Waals surface area contributed by atoms with E-state index >= 15 is 0 Å². The summed E-state index contributed by atoms with van der Waals surface area (Å²) in [5.41, 5.74) is 3.24. The lowest BCUT2D eigenvalue weighted by Gasteiger charge is -2.01. The lowest BCUT2D eigenvalue weighted by molar-refractivity contribution is 1.03. The predicted molar refractivity (Wildman–Crippen MR) is 53.8 cm³/mol. The molecular formula is C11H13N. The van der Waals surface area contributed by atoms with E-state index in [9.17, 15) is 0 Å². The fourth-order valence-electron chi connectivity index (χ4n) is 1.07. The standard InChI is InChI=1S/C11H13N/c1-4-9-7-11(6-3)12-8-10(9)5-2/h4-5,7-8H,1-2,6H2,3H3. The maximum atomic E-state index is 4.26. The first kappa shape index (κ1) is 8.72. The van der Waals surface area contributed by atoms with Gasteiger partial charge in [-0.2, -0.15) is 0 Å². The number of aryl methyl sites for hydroxylation is 1. The van der Waals surface area contributed by atoms with Crippen LogP contribution in [0.15, 0.2) is 25.4 Å². The molecule has 0 amide bonds. The summed E-state index contributed by atoms with van der Waals surface area (Å²) in [5.74, 6) is 0. The van der Waals surface area contributed by atoms with Gasteiger partial charge in [-0.15, -0.1) is 0 Å². The van der Waals surface area contributed by atoms with E-state index in [0.717, 1.165) is 23.2 Å². The molecule has 1 nitrogen and oxygen atoms in total. The number of hydrogen-bond donors (Lipinski definition) is 0. The van der Waals surface area contributed by atoms with Gasteiger partial charge in [-0.25, -0.2) is 0 Å². The topological polar surface area (TPSA) is 12.9 Å². The van der Waals surface area contributed by atoms with Crippen LogP contribution in [0.2, 0.25) is 0 Å². The Kier molecular flexibility index (Phi) is 2.81. The van der Waals surface area contributed by atoms with Gasteiger partial charge in [0.05, 0.1) is 0 Å². The molecule has 0 aromatic carbocycles. The van der Waals surface area contributed by atoms with Gasteiger partial charge in [0.1, 0.15) is 0 Å². The van der Waals surface area contributed by atoms with Crippen LogP contribution in [0.4, 0.5) is 0 Å². The molecule has 0 bridgehead atoms. The summed E-state index contributed by atoms with van der Waals surface area (Å²) in [6.45, 7) is 9.53. The molecule has 0 fully saturated rings. The zero-order valence-corrected chi connectivity index (χ0v) is 7.38. The Morgan fingerprint density at radius 1 is 1.33 bits per heavy atom. The van der Waals surface area contributed by atoms with Crippen molar-refractivity contribution in [3.8, 4) is 0 Å². The van der Waals surface area contributed by atoms with Gasteiger partial charge < -0.3 is 0 Å². The molecular weight excluding hydrogens is 146 g/mol. The molecule has 0 N–H and O–H groups in total. The first-order valence-corrected chi connectivity index (χ1v) is 4.05. The monoisotopic (exact) mass is 159 g/mol. The van der Waals surface area contributed by atoms with Crippen molar-refractivity contribution in [2.45, 2.75) is 13.3 Å². The summed E-state index contributed by atoms with van der Waals surface area (Å²) >= 11 is 0. The van der Waals surface area contributed by atoms with Crippen LogP contribution in [0.5, 0.6) is 0 Å². The Balaban J connectivity index is 3.18. The molecule has 1 aromatic rings. The fraction of sp³-hybridized carbons (Fsp3) is 0.182. The summed E-state index contributed by atoms with van der Waals surface area (Å²) in [6, 6.07) is 2.05. The van der Waals surface area contributed by atoms with Crippen LogP contribution in [0.25, 0.3) is 12.2 Å². The van der Waals surface area contributed by atoms with E-state index in [1.54, 1.807) is 6.08 Å². The molecule has 0 spiro atoms. The van der Waals surface area contributed by atoms with Gasteiger partial charge in [0.15, 0.2) is 0 Å². The van der Waals surface area contributed by atoms with Crippen molar-refractivity contribution in [3.05, 3.63) is 42.2 Å². The van der Waals surface area contributed by atoms with Crippen LogP contribution in [0.3, 0.4) is 0 Å². The molecule has 0 unspecified atom stereocenters. The maximum absolute atomic E-state index is 4.26. The van der Waals surface area contributed by atoms with E-state index in [0.29, 0.717) is 0 Å². The Bertz CT molecular complexity index is 300. The number of aromatic nitrogens is 1. The summed E-state index contributed by atoms with van der Waals surface area (Å²) in [7, 11) is 0. The molecule has 0 aliphatic carbocycles. The lowest BCUT2D eigenvalue weighted by atomic mass is 10.1. The molecule has 62 valence electrons. The van der Waals surface area contributed by atoms with Gasteiger partial charge in [0, 0.05) is 11.9 Å². The minimum atomic E-state index is 0.957. The summed E-state index contributed by atoms with van der Waals surface area (Å²) in [4.78, 5) is 4.26. The van der Waals surface area contributed by atoms with Gasteiger partial charge in [0.2, 0.25) is 0 Å². The Hall–Kier alpha value is -1.37. The van der Waals surface area contributed by atoms with Crippen LogP contribution in [-0.2, 0) is 6.42 Å². The van der Waals surface area contributed by atoms with Crippen LogP contribution in [0.1, 0.15) is 23.7 Å². The normalized spacial score (nSPS) is 9.42.